The Labute approximate surface area is 222 Å². The molecule has 0 radical (unpaired) electrons. The lowest BCUT2D eigenvalue weighted by Gasteiger charge is -2.15. The first kappa shape index (κ1) is 24.8. The molecule has 0 aromatic heterocycles. The Morgan fingerprint density at radius 2 is 1.54 bits per heavy atom. The van der Waals surface area contributed by atoms with Crippen molar-refractivity contribution in [2.45, 2.75) is 20.3 Å². The molecule has 0 aliphatic carbocycles. The van der Waals surface area contributed by atoms with E-state index in [0.29, 0.717) is 29.1 Å². The third-order valence-corrected chi connectivity index (χ3v) is 7.12. The minimum absolute atomic E-state index is 0.0140. The first-order valence-corrected chi connectivity index (χ1v) is 13.4. The van der Waals surface area contributed by atoms with Crippen LogP contribution >= 0.6 is 11.8 Å². The van der Waals surface area contributed by atoms with Crippen molar-refractivity contribution < 1.29 is 9.53 Å². The molecule has 0 N–H and O–H groups in total. The minimum atomic E-state index is -0.0140. The summed E-state index contributed by atoms with van der Waals surface area (Å²) in [5.41, 5.74) is 3.02. The number of nitrogens with zero attached hydrogens (tertiary/aromatic N) is 2. The van der Waals surface area contributed by atoms with E-state index >= 15 is 0 Å². The maximum atomic E-state index is 13.6. The van der Waals surface area contributed by atoms with Crippen LogP contribution in [0.3, 0.4) is 0 Å². The normalized spacial score (nSPS) is 15.9. The summed E-state index contributed by atoms with van der Waals surface area (Å²) in [6.45, 7) is 5.51. The zero-order valence-electron chi connectivity index (χ0n) is 21.1. The number of benzene rings is 4. The second kappa shape index (κ2) is 11.5. The summed E-state index contributed by atoms with van der Waals surface area (Å²) < 4.78 is 6.08. The van der Waals surface area contributed by atoms with Crippen LogP contribution in [0.5, 0.6) is 5.75 Å². The predicted molar refractivity (Wildman–Crippen MR) is 155 cm³/mol. The SMILES string of the molecule is CC(C)COc1ccc(/C=C2/SC(=Nc3ccccc3)N(CCc3ccccc3)C2=O)c2ccccc12. The maximum absolute atomic E-state index is 13.6. The van der Waals surface area contributed by atoms with Crippen molar-refractivity contribution in [3.8, 4) is 5.75 Å². The van der Waals surface area contributed by atoms with E-state index < -0.39 is 0 Å². The van der Waals surface area contributed by atoms with Crippen LogP contribution in [0.15, 0.2) is 107 Å². The van der Waals surface area contributed by atoms with Gasteiger partial charge in [0.1, 0.15) is 5.75 Å². The number of carbonyl (C=O) groups is 1. The molecule has 4 aromatic rings. The second-order valence-corrected chi connectivity index (χ2v) is 10.4. The number of amides is 1. The Kier molecular flexibility index (Phi) is 7.71. The van der Waals surface area contributed by atoms with Crippen LogP contribution in [0, 0.1) is 5.92 Å². The number of para-hydroxylation sites is 1. The molecule has 0 saturated carbocycles. The Morgan fingerprint density at radius 3 is 2.27 bits per heavy atom. The number of amidine groups is 1. The molecule has 1 aliphatic rings. The summed E-state index contributed by atoms with van der Waals surface area (Å²) in [6.07, 6.45) is 2.75. The van der Waals surface area contributed by atoms with E-state index in [1.807, 2.05) is 78.9 Å². The summed E-state index contributed by atoms with van der Waals surface area (Å²) in [7, 11) is 0. The zero-order chi connectivity index (χ0) is 25.6. The molecule has 0 atom stereocenters. The van der Waals surface area contributed by atoms with Crippen molar-refractivity contribution in [3.05, 3.63) is 113 Å². The van der Waals surface area contributed by atoms with Crippen LogP contribution in [0.2, 0.25) is 0 Å². The van der Waals surface area contributed by atoms with Crippen molar-refractivity contribution in [3.63, 3.8) is 0 Å². The highest BCUT2D eigenvalue weighted by Gasteiger charge is 2.33. The fourth-order valence-electron chi connectivity index (χ4n) is 4.23. The number of thioether (sulfide) groups is 1. The molecule has 1 aliphatic heterocycles. The summed E-state index contributed by atoms with van der Waals surface area (Å²) in [5.74, 6) is 1.30. The summed E-state index contributed by atoms with van der Waals surface area (Å²) in [4.78, 5) is 21.0. The lowest BCUT2D eigenvalue weighted by atomic mass is 10.0. The highest BCUT2D eigenvalue weighted by Crippen LogP contribution is 2.37. The Morgan fingerprint density at radius 1 is 0.865 bits per heavy atom. The van der Waals surface area contributed by atoms with Gasteiger partial charge in [-0.05, 0) is 64.9 Å². The monoisotopic (exact) mass is 506 g/mol. The highest BCUT2D eigenvalue weighted by molar-refractivity contribution is 8.18. The van der Waals surface area contributed by atoms with Crippen LogP contribution in [0.4, 0.5) is 5.69 Å². The third-order valence-electron chi connectivity index (χ3n) is 6.11. The molecule has 37 heavy (non-hydrogen) atoms. The van der Waals surface area contributed by atoms with Crippen LogP contribution < -0.4 is 4.74 Å². The molecular weight excluding hydrogens is 476 g/mol. The smallest absolute Gasteiger partial charge is 0.266 e. The fraction of sp³-hybridized carbons (Fsp3) is 0.188. The van der Waals surface area contributed by atoms with Gasteiger partial charge >= 0.3 is 0 Å². The molecule has 0 spiro atoms. The Hall–Kier alpha value is -3.83. The van der Waals surface area contributed by atoms with E-state index in [4.69, 9.17) is 9.73 Å². The van der Waals surface area contributed by atoms with Crippen molar-refractivity contribution in [2.75, 3.05) is 13.2 Å². The molecule has 4 nitrogen and oxygen atoms in total. The molecule has 1 fully saturated rings. The molecule has 1 heterocycles. The van der Waals surface area contributed by atoms with E-state index in [0.717, 1.165) is 34.2 Å². The van der Waals surface area contributed by atoms with Crippen molar-refractivity contribution >= 4 is 45.4 Å². The van der Waals surface area contributed by atoms with Crippen LogP contribution in [0.25, 0.3) is 16.8 Å². The van der Waals surface area contributed by atoms with Gasteiger partial charge in [-0.15, -0.1) is 0 Å². The average Bonchev–Trinajstić information content (AvgIpc) is 3.21. The summed E-state index contributed by atoms with van der Waals surface area (Å²) >= 11 is 1.43. The van der Waals surface area contributed by atoms with E-state index in [-0.39, 0.29) is 5.91 Å². The molecule has 0 unspecified atom stereocenters. The third kappa shape index (κ3) is 5.95. The molecule has 186 valence electrons. The molecule has 4 aromatic carbocycles. The van der Waals surface area contributed by atoms with Crippen LogP contribution in [-0.2, 0) is 11.2 Å². The molecule has 5 rings (SSSR count). The fourth-order valence-corrected chi connectivity index (χ4v) is 5.25. The van der Waals surface area contributed by atoms with Gasteiger partial charge in [-0.2, -0.15) is 0 Å². The van der Waals surface area contributed by atoms with E-state index in [2.05, 4.69) is 38.1 Å². The molecular formula is C32H30N2O2S. The number of ether oxygens (including phenoxy) is 1. The lowest BCUT2D eigenvalue weighted by Crippen LogP contribution is -2.31. The van der Waals surface area contributed by atoms with E-state index in [9.17, 15) is 4.79 Å². The molecule has 5 heteroatoms. The topological polar surface area (TPSA) is 41.9 Å². The summed E-state index contributed by atoms with van der Waals surface area (Å²) in [6, 6.07) is 32.3. The number of hydrogen-bond donors (Lipinski definition) is 0. The van der Waals surface area contributed by atoms with Crippen LogP contribution in [0.1, 0.15) is 25.0 Å². The van der Waals surface area contributed by atoms with Crippen molar-refractivity contribution in [2.24, 2.45) is 10.9 Å². The number of fused-ring (bicyclic) bond motifs is 1. The number of hydrogen-bond acceptors (Lipinski definition) is 4. The van der Waals surface area contributed by atoms with Gasteiger partial charge in [0.15, 0.2) is 5.17 Å². The average molecular weight is 507 g/mol. The number of rotatable bonds is 8. The Balaban J connectivity index is 1.48. The quantitative estimate of drug-likeness (QED) is 0.230. The second-order valence-electron chi connectivity index (χ2n) is 9.44. The number of carbonyl (C=O) groups excluding carboxylic acids is 1. The summed E-state index contributed by atoms with van der Waals surface area (Å²) in [5, 5.41) is 2.82. The largest absolute Gasteiger partial charge is 0.493 e. The van der Waals surface area contributed by atoms with Gasteiger partial charge in [0.25, 0.3) is 5.91 Å². The van der Waals surface area contributed by atoms with Crippen LogP contribution in [-0.4, -0.2) is 29.1 Å². The first-order valence-electron chi connectivity index (χ1n) is 12.6. The van der Waals surface area contributed by atoms with E-state index in [1.165, 1.54) is 17.3 Å². The predicted octanol–water partition coefficient (Wildman–Crippen LogP) is 7.72. The van der Waals surface area contributed by atoms with Gasteiger partial charge in [0.2, 0.25) is 0 Å². The minimum Gasteiger partial charge on any atom is -0.493 e. The van der Waals surface area contributed by atoms with Gasteiger partial charge in [-0.3, -0.25) is 9.69 Å². The zero-order valence-corrected chi connectivity index (χ0v) is 21.9. The van der Waals surface area contributed by atoms with E-state index in [1.54, 1.807) is 4.90 Å². The molecule has 1 saturated heterocycles. The Bertz CT molecular complexity index is 1450. The van der Waals surface area contributed by atoms with Gasteiger partial charge < -0.3 is 4.74 Å². The standard InChI is InChI=1S/C32H30N2O2S/c1-23(2)22-36-29-18-17-25(27-15-9-10-16-28(27)29)21-30-31(35)34(20-19-24-11-5-3-6-12-24)32(37-30)33-26-13-7-4-8-14-26/h3-18,21,23H,19-20,22H2,1-2H3/b30-21+,33-32?. The maximum Gasteiger partial charge on any atom is 0.266 e. The van der Waals surface area contributed by atoms with Crippen molar-refractivity contribution in [1.82, 2.24) is 4.90 Å². The van der Waals surface area contributed by atoms with Gasteiger partial charge in [0, 0.05) is 11.9 Å². The molecule has 0 bridgehead atoms. The number of aliphatic imine (C=N–C) groups is 1. The van der Waals surface area contributed by atoms with Gasteiger partial charge in [-0.1, -0.05) is 92.7 Å². The van der Waals surface area contributed by atoms with Gasteiger partial charge in [-0.25, -0.2) is 4.99 Å². The lowest BCUT2D eigenvalue weighted by molar-refractivity contribution is -0.122. The highest BCUT2D eigenvalue weighted by atomic mass is 32.2. The molecule has 1 amide bonds. The van der Waals surface area contributed by atoms with Crippen molar-refractivity contribution in [1.29, 1.82) is 0 Å². The van der Waals surface area contributed by atoms with Gasteiger partial charge in [0.05, 0.1) is 17.2 Å². The first-order chi connectivity index (χ1) is 18.1.